The molecule has 116 valence electrons. The Hall–Kier alpha value is -2.54. The number of carbonyl (C=O) groups is 2. The summed E-state index contributed by atoms with van der Waals surface area (Å²) in [6.07, 6.45) is 0. The lowest BCUT2D eigenvalue weighted by atomic mass is 10.1. The van der Waals surface area contributed by atoms with Gasteiger partial charge >= 0.3 is 11.9 Å². The molecule has 1 aromatic carbocycles. The molecule has 0 aliphatic rings. The average molecular weight is 322 g/mol. The van der Waals surface area contributed by atoms with Gasteiger partial charge in [0.05, 0.1) is 7.11 Å². The molecule has 0 radical (unpaired) electrons. The highest BCUT2D eigenvalue weighted by Crippen LogP contribution is 2.42. The number of carboxylic acid groups (broad SMARTS) is 2. The highest BCUT2D eigenvalue weighted by Gasteiger charge is 2.23. The normalized spacial score (nSPS) is 10.3. The number of hydrogen-bond acceptors (Lipinski definition) is 5. The van der Waals surface area contributed by atoms with E-state index in [1.807, 2.05) is 6.07 Å². The van der Waals surface area contributed by atoms with Gasteiger partial charge in [-0.05, 0) is 24.6 Å². The van der Waals surface area contributed by atoms with Crippen molar-refractivity contribution in [2.45, 2.75) is 6.92 Å². The third-order valence-electron chi connectivity index (χ3n) is 2.96. The zero-order valence-corrected chi connectivity index (χ0v) is 12.8. The summed E-state index contributed by atoms with van der Waals surface area (Å²) in [6.45, 7) is 1.12. The molecule has 7 heteroatoms. The molecule has 22 heavy (non-hydrogen) atoms. The quantitative estimate of drug-likeness (QED) is 0.849. The van der Waals surface area contributed by atoms with Gasteiger partial charge in [0.2, 0.25) is 0 Å². The lowest BCUT2D eigenvalue weighted by molar-refractivity contribution is -0.139. The van der Waals surface area contributed by atoms with Crippen LogP contribution in [-0.4, -0.2) is 35.9 Å². The van der Waals surface area contributed by atoms with Crippen molar-refractivity contribution in [2.75, 3.05) is 13.7 Å². The summed E-state index contributed by atoms with van der Waals surface area (Å²) in [4.78, 5) is 22.7. The summed E-state index contributed by atoms with van der Waals surface area (Å²) in [5.74, 6) is -1.57. The first-order chi connectivity index (χ1) is 10.4. The van der Waals surface area contributed by atoms with E-state index in [4.69, 9.17) is 14.6 Å². The first kappa shape index (κ1) is 15.8. The standard InChI is InChI=1S/C15H14O6S/c1-8-12(21-7-11(16)17)14(15(18)19)22-13(8)9-4-3-5-10(6-9)20-2/h3-6H,7H2,1-2H3,(H,16,17)(H,18,19). The van der Waals surface area contributed by atoms with Crippen LogP contribution in [0.1, 0.15) is 15.2 Å². The number of benzene rings is 1. The van der Waals surface area contributed by atoms with Gasteiger partial charge in [-0.25, -0.2) is 9.59 Å². The smallest absolute Gasteiger partial charge is 0.349 e. The Morgan fingerprint density at radius 3 is 2.59 bits per heavy atom. The molecule has 1 heterocycles. The van der Waals surface area contributed by atoms with Crippen LogP contribution in [0, 0.1) is 6.92 Å². The van der Waals surface area contributed by atoms with E-state index < -0.39 is 18.5 Å². The maximum atomic E-state index is 11.3. The van der Waals surface area contributed by atoms with Crippen LogP contribution >= 0.6 is 11.3 Å². The van der Waals surface area contributed by atoms with Crippen molar-refractivity contribution in [3.63, 3.8) is 0 Å². The molecule has 0 saturated heterocycles. The fourth-order valence-electron chi connectivity index (χ4n) is 1.99. The number of thiophene rings is 1. The van der Waals surface area contributed by atoms with Crippen LogP contribution in [0.5, 0.6) is 11.5 Å². The van der Waals surface area contributed by atoms with E-state index >= 15 is 0 Å². The van der Waals surface area contributed by atoms with Crippen molar-refractivity contribution < 1.29 is 29.3 Å². The molecule has 1 aromatic heterocycles. The van der Waals surface area contributed by atoms with Gasteiger partial charge in [0.1, 0.15) is 11.5 Å². The molecule has 0 unspecified atom stereocenters. The molecule has 2 aromatic rings. The number of carboxylic acids is 2. The van der Waals surface area contributed by atoms with E-state index in [1.165, 1.54) is 0 Å². The number of aromatic carboxylic acids is 1. The highest BCUT2D eigenvalue weighted by molar-refractivity contribution is 7.18. The minimum Gasteiger partial charge on any atom is -0.497 e. The number of rotatable bonds is 6. The Balaban J connectivity index is 2.50. The van der Waals surface area contributed by atoms with Crippen LogP contribution in [-0.2, 0) is 4.79 Å². The molecule has 0 fully saturated rings. The van der Waals surface area contributed by atoms with E-state index in [1.54, 1.807) is 32.2 Å². The Labute approximate surface area is 130 Å². The number of ether oxygens (including phenoxy) is 2. The maximum Gasteiger partial charge on any atom is 0.349 e. The molecule has 0 saturated carbocycles. The molecule has 0 atom stereocenters. The van der Waals surface area contributed by atoms with Crippen LogP contribution in [0.2, 0.25) is 0 Å². The molecule has 0 amide bonds. The second-order valence-corrected chi connectivity index (χ2v) is 5.45. The Morgan fingerprint density at radius 1 is 1.27 bits per heavy atom. The molecule has 6 nitrogen and oxygen atoms in total. The van der Waals surface area contributed by atoms with Gasteiger partial charge in [-0.3, -0.25) is 0 Å². The summed E-state index contributed by atoms with van der Waals surface area (Å²) in [5, 5.41) is 18.0. The minimum absolute atomic E-state index is 0.0171. The highest BCUT2D eigenvalue weighted by atomic mass is 32.1. The van der Waals surface area contributed by atoms with Crippen LogP contribution < -0.4 is 9.47 Å². The fraction of sp³-hybridized carbons (Fsp3) is 0.200. The average Bonchev–Trinajstić information content (AvgIpc) is 2.82. The summed E-state index contributed by atoms with van der Waals surface area (Å²) in [5.41, 5.74) is 1.38. The summed E-state index contributed by atoms with van der Waals surface area (Å²) in [6, 6.07) is 7.19. The largest absolute Gasteiger partial charge is 0.497 e. The Morgan fingerprint density at radius 2 is 2.00 bits per heavy atom. The Kier molecular flexibility index (Phi) is 4.67. The second kappa shape index (κ2) is 6.48. The van der Waals surface area contributed by atoms with Crippen molar-refractivity contribution in [1.82, 2.24) is 0 Å². The molecular formula is C15H14O6S. The van der Waals surface area contributed by atoms with Gasteiger partial charge in [-0.1, -0.05) is 12.1 Å². The van der Waals surface area contributed by atoms with Crippen molar-refractivity contribution in [3.05, 3.63) is 34.7 Å². The van der Waals surface area contributed by atoms with Gasteiger partial charge in [0, 0.05) is 10.4 Å². The van der Waals surface area contributed by atoms with Crippen LogP contribution in [0.4, 0.5) is 0 Å². The summed E-state index contributed by atoms with van der Waals surface area (Å²) in [7, 11) is 1.55. The first-order valence-corrected chi connectivity index (χ1v) is 7.11. The third kappa shape index (κ3) is 3.20. The molecule has 2 N–H and O–H groups in total. The van der Waals surface area contributed by atoms with Crippen molar-refractivity contribution in [1.29, 1.82) is 0 Å². The molecule has 0 aliphatic heterocycles. The zero-order chi connectivity index (χ0) is 16.3. The van der Waals surface area contributed by atoms with E-state index in [0.717, 1.165) is 16.9 Å². The topological polar surface area (TPSA) is 93.1 Å². The number of aliphatic carboxylic acids is 1. The van der Waals surface area contributed by atoms with E-state index in [0.29, 0.717) is 16.2 Å². The monoisotopic (exact) mass is 322 g/mol. The Bertz CT molecular complexity index is 719. The van der Waals surface area contributed by atoms with Gasteiger partial charge < -0.3 is 19.7 Å². The molecule has 0 bridgehead atoms. The van der Waals surface area contributed by atoms with Gasteiger partial charge in [0.15, 0.2) is 11.5 Å². The maximum absolute atomic E-state index is 11.3. The lowest BCUT2D eigenvalue weighted by Gasteiger charge is -2.05. The van der Waals surface area contributed by atoms with Crippen molar-refractivity contribution in [3.8, 4) is 21.9 Å². The molecular weight excluding hydrogens is 308 g/mol. The first-order valence-electron chi connectivity index (χ1n) is 6.29. The molecule has 0 spiro atoms. The molecule has 2 rings (SSSR count). The second-order valence-electron chi connectivity index (χ2n) is 4.43. The van der Waals surface area contributed by atoms with Crippen LogP contribution in [0.25, 0.3) is 10.4 Å². The van der Waals surface area contributed by atoms with Crippen molar-refractivity contribution >= 4 is 23.3 Å². The van der Waals surface area contributed by atoms with Crippen LogP contribution in [0.15, 0.2) is 24.3 Å². The summed E-state index contributed by atoms with van der Waals surface area (Å²) >= 11 is 1.05. The van der Waals surface area contributed by atoms with Gasteiger partial charge in [0.25, 0.3) is 0 Å². The predicted octanol–water partition coefficient (Wildman–Crippen LogP) is 2.89. The third-order valence-corrected chi connectivity index (χ3v) is 4.27. The lowest BCUT2D eigenvalue weighted by Crippen LogP contribution is -2.11. The summed E-state index contributed by atoms with van der Waals surface area (Å²) < 4.78 is 10.3. The van der Waals surface area contributed by atoms with Crippen LogP contribution in [0.3, 0.4) is 0 Å². The zero-order valence-electron chi connectivity index (χ0n) is 12.0. The van der Waals surface area contributed by atoms with Crippen molar-refractivity contribution in [2.24, 2.45) is 0 Å². The van der Waals surface area contributed by atoms with Gasteiger partial charge in [-0.15, -0.1) is 11.3 Å². The van der Waals surface area contributed by atoms with E-state index in [-0.39, 0.29) is 10.6 Å². The van der Waals surface area contributed by atoms with E-state index in [2.05, 4.69) is 0 Å². The number of methoxy groups -OCH3 is 1. The van der Waals surface area contributed by atoms with Gasteiger partial charge in [-0.2, -0.15) is 0 Å². The SMILES string of the molecule is COc1cccc(-c2sc(C(=O)O)c(OCC(=O)O)c2C)c1. The fourth-order valence-corrected chi connectivity index (χ4v) is 3.07. The van der Waals surface area contributed by atoms with E-state index in [9.17, 15) is 14.7 Å². The minimum atomic E-state index is -1.16. The number of hydrogen-bond donors (Lipinski definition) is 2. The predicted molar refractivity (Wildman–Crippen MR) is 81.1 cm³/mol. The molecule has 0 aliphatic carbocycles.